The topological polar surface area (TPSA) is 35.5 Å². The summed E-state index contributed by atoms with van der Waals surface area (Å²) in [7, 11) is 3.07. The first-order valence-corrected chi connectivity index (χ1v) is 6.77. The molecule has 0 fully saturated rings. The third kappa shape index (κ3) is 2.55. The maximum atomic E-state index is 11.6. The molecule has 0 atom stereocenters. The molecule has 3 rings (SSSR count). The summed E-state index contributed by atoms with van der Waals surface area (Å²) < 4.78 is 10.0. The highest BCUT2D eigenvalue weighted by atomic mass is 16.5. The van der Waals surface area contributed by atoms with Crippen molar-refractivity contribution in [1.29, 1.82) is 0 Å². The molecule has 0 radical (unpaired) electrons. The molecular weight excluding hydrogens is 264 g/mol. The van der Waals surface area contributed by atoms with Crippen LogP contribution in [0.4, 0.5) is 0 Å². The van der Waals surface area contributed by atoms with Gasteiger partial charge in [-0.05, 0) is 52.9 Å². The Balaban J connectivity index is 1.92. The summed E-state index contributed by atoms with van der Waals surface area (Å²) in [6.45, 7) is 0. The summed E-state index contributed by atoms with van der Waals surface area (Å²) in [4.78, 5) is 11.6. The fourth-order valence-corrected chi connectivity index (χ4v) is 2.60. The molecule has 0 amide bonds. The minimum atomic E-state index is -0.311. The Kier molecular flexibility index (Phi) is 3.48. The molecule has 0 N–H and O–H groups in total. The zero-order chi connectivity index (χ0) is 14.8. The Morgan fingerprint density at radius 3 is 2.71 bits per heavy atom. The van der Waals surface area contributed by atoms with Crippen LogP contribution in [0.5, 0.6) is 5.75 Å². The number of methoxy groups -OCH3 is 2. The Labute approximate surface area is 123 Å². The molecule has 21 heavy (non-hydrogen) atoms. The summed E-state index contributed by atoms with van der Waals surface area (Å²) >= 11 is 0. The second-order valence-corrected chi connectivity index (χ2v) is 4.98. The lowest BCUT2D eigenvalue weighted by atomic mass is 10.0. The van der Waals surface area contributed by atoms with E-state index in [1.165, 1.54) is 23.8 Å². The number of carbonyl (C=O) groups is 1. The van der Waals surface area contributed by atoms with Gasteiger partial charge in [-0.15, -0.1) is 0 Å². The third-order valence-corrected chi connectivity index (χ3v) is 3.72. The van der Waals surface area contributed by atoms with E-state index in [4.69, 9.17) is 9.47 Å². The Bertz CT molecular complexity index is 729. The standard InChI is InChI=1S/C18H16O3/c1-20-17-7-6-13-9-15(10-16(13)11-17)12-4-3-5-14(8-12)18(19)21-2/h3-9,11H,10H2,1-2H3. The largest absolute Gasteiger partial charge is 0.497 e. The first kappa shape index (κ1) is 13.4. The van der Waals surface area contributed by atoms with E-state index in [0.29, 0.717) is 5.56 Å². The Morgan fingerprint density at radius 2 is 1.95 bits per heavy atom. The second-order valence-electron chi connectivity index (χ2n) is 4.98. The normalized spacial score (nSPS) is 12.6. The van der Waals surface area contributed by atoms with Crippen molar-refractivity contribution in [3.05, 3.63) is 64.7 Å². The van der Waals surface area contributed by atoms with Crippen LogP contribution in [-0.2, 0) is 11.2 Å². The SMILES string of the molecule is COC(=O)c1cccc(C2=Cc3ccc(OC)cc3C2)c1. The van der Waals surface area contributed by atoms with Gasteiger partial charge in [0, 0.05) is 0 Å². The van der Waals surface area contributed by atoms with Crippen LogP contribution in [-0.4, -0.2) is 20.2 Å². The quantitative estimate of drug-likeness (QED) is 0.806. The third-order valence-electron chi connectivity index (χ3n) is 3.72. The molecule has 106 valence electrons. The summed E-state index contributed by atoms with van der Waals surface area (Å²) in [5, 5.41) is 0. The van der Waals surface area contributed by atoms with Crippen LogP contribution < -0.4 is 4.74 Å². The molecule has 0 saturated heterocycles. The molecule has 3 nitrogen and oxygen atoms in total. The van der Waals surface area contributed by atoms with Gasteiger partial charge in [0.15, 0.2) is 0 Å². The molecule has 1 aliphatic rings. The van der Waals surface area contributed by atoms with E-state index in [2.05, 4.69) is 18.2 Å². The number of fused-ring (bicyclic) bond motifs is 1. The molecule has 3 heteroatoms. The molecule has 0 aliphatic heterocycles. The molecule has 0 unspecified atom stereocenters. The number of esters is 1. The average molecular weight is 280 g/mol. The second kappa shape index (κ2) is 5.44. The van der Waals surface area contributed by atoms with Gasteiger partial charge in [-0.1, -0.05) is 24.3 Å². The van der Waals surface area contributed by atoms with Crippen molar-refractivity contribution >= 4 is 17.6 Å². The summed E-state index contributed by atoms with van der Waals surface area (Å²) in [5.74, 6) is 0.557. The van der Waals surface area contributed by atoms with E-state index in [-0.39, 0.29) is 5.97 Å². The van der Waals surface area contributed by atoms with Crippen molar-refractivity contribution in [3.8, 4) is 5.75 Å². The number of ether oxygens (including phenoxy) is 2. The van der Waals surface area contributed by atoms with Crippen LogP contribution in [0.15, 0.2) is 42.5 Å². The van der Waals surface area contributed by atoms with E-state index in [1.54, 1.807) is 13.2 Å². The number of rotatable bonds is 3. The highest BCUT2D eigenvalue weighted by Gasteiger charge is 2.16. The predicted molar refractivity (Wildman–Crippen MR) is 82.4 cm³/mol. The molecule has 0 heterocycles. The molecular formula is C18H16O3. The van der Waals surface area contributed by atoms with E-state index < -0.39 is 0 Å². The van der Waals surface area contributed by atoms with Gasteiger partial charge in [0.25, 0.3) is 0 Å². The first-order valence-electron chi connectivity index (χ1n) is 6.77. The van der Waals surface area contributed by atoms with Gasteiger partial charge in [0.2, 0.25) is 0 Å². The van der Waals surface area contributed by atoms with Crippen molar-refractivity contribution in [2.45, 2.75) is 6.42 Å². The van der Waals surface area contributed by atoms with Gasteiger partial charge in [0.05, 0.1) is 19.8 Å². The minimum absolute atomic E-state index is 0.311. The Hall–Kier alpha value is -2.55. The molecule has 1 aliphatic carbocycles. The van der Waals surface area contributed by atoms with E-state index in [1.807, 2.05) is 24.3 Å². The maximum Gasteiger partial charge on any atom is 0.337 e. The van der Waals surface area contributed by atoms with Gasteiger partial charge in [-0.25, -0.2) is 4.79 Å². The highest BCUT2D eigenvalue weighted by molar-refractivity contribution is 5.93. The van der Waals surface area contributed by atoms with Crippen LogP contribution in [0.25, 0.3) is 11.6 Å². The minimum Gasteiger partial charge on any atom is -0.497 e. The fraction of sp³-hybridized carbons (Fsp3) is 0.167. The molecule has 2 aromatic carbocycles. The van der Waals surface area contributed by atoms with Crippen molar-refractivity contribution in [2.24, 2.45) is 0 Å². The van der Waals surface area contributed by atoms with Gasteiger partial charge < -0.3 is 9.47 Å². The molecule has 2 aromatic rings. The van der Waals surface area contributed by atoms with E-state index in [0.717, 1.165) is 17.7 Å². The smallest absolute Gasteiger partial charge is 0.337 e. The first-order chi connectivity index (χ1) is 10.2. The van der Waals surface area contributed by atoms with Crippen molar-refractivity contribution in [3.63, 3.8) is 0 Å². The lowest BCUT2D eigenvalue weighted by Crippen LogP contribution is -2.01. The fourth-order valence-electron chi connectivity index (χ4n) is 2.60. The van der Waals surface area contributed by atoms with E-state index in [9.17, 15) is 4.79 Å². The van der Waals surface area contributed by atoms with Gasteiger partial charge in [-0.3, -0.25) is 0 Å². The lowest BCUT2D eigenvalue weighted by Gasteiger charge is -2.05. The average Bonchev–Trinajstić information content (AvgIpc) is 2.97. The van der Waals surface area contributed by atoms with Crippen LogP contribution in [0, 0.1) is 0 Å². The monoisotopic (exact) mass is 280 g/mol. The van der Waals surface area contributed by atoms with Gasteiger partial charge in [0.1, 0.15) is 5.75 Å². The zero-order valence-corrected chi connectivity index (χ0v) is 12.1. The highest BCUT2D eigenvalue weighted by Crippen LogP contribution is 2.33. The van der Waals surface area contributed by atoms with E-state index >= 15 is 0 Å². The van der Waals surface area contributed by atoms with Gasteiger partial charge >= 0.3 is 5.97 Å². The van der Waals surface area contributed by atoms with Gasteiger partial charge in [-0.2, -0.15) is 0 Å². The number of benzene rings is 2. The van der Waals surface area contributed by atoms with Crippen LogP contribution in [0.1, 0.15) is 27.0 Å². The number of hydrogen-bond donors (Lipinski definition) is 0. The summed E-state index contributed by atoms with van der Waals surface area (Å²) in [6, 6.07) is 13.6. The molecule has 0 bridgehead atoms. The lowest BCUT2D eigenvalue weighted by molar-refractivity contribution is 0.0600. The van der Waals surface area contributed by atoms with Crippen molar-refractivity contribution in [1.82, 2.24) is 0 Å². The van der Waals surface area contributed by atoms with Crippen LogP contribution in [0.2, 0.25) is 0 Å². The predicted octanol–water partition coefficient (Wildman–Crippen LogP) is 3.58. The zero-order valence-electron chi connectivity index (χ0n) is 12.1. The molecule has 0 saturated carbocycles. The summed E-state index contributed by atoms with van der Waals surface area (Å²) in [6.07, 6.45) is 3.00. The van der Waals surface area contributed by atoms with Crippen LogP contribution in [0.3, 0.4) is 0 Å². The molecule has 0 aromatic heterocycles. The van der Waals surface area contributed by atoms with Crippen LogP contribution >= 0.6 is 0 Å². The summed E-state index contributed by atoms with van der Waals surface area (Å²) in [5.41, 5.74) is 5.27. The van der Waals surface area contributed by atoms with Crippen molar-refractivity contribution in [2.75, 3.05) is 14.2 Å². The Morgan fingerprint density at radius 1 is 1.10 bits per heavy atom. The van der Waals surface area contributed by atoms with Crippen molar-refractivity contribution < 1.29 is 14.3 Å². The maximum absolute atomic E-state index is 11.6. The number of carbonyl (C=O) groups excluding carboxylic acids is 1. The number of allylic oxidation sites excluding steroid dienone is 1. The number of hydrogen-bond acceptors (Lipinski definition) is 3. The molecule has 0 spiro atoms.